The van der Waals surface area contributed by atoms with Crippen LogP contribution >= 0.6 is 0 Å². The molecule has 402 valence electrons. The highest BCUT2D eigenvalue weighted by atomic mass is 16.6. The van der Waals surface area contributed by atoms with E-state index < -0.39 is 12.1 Å². The van der Waals surface area contributed by atoms with Crippen LogP contribution in [0.1, 0.15) is 220 Å². The zero-order chi connectivity index (χ0) is 52.2. The first kappa shape index (κ1) is 67.0. The van der Waals surface area contributed by atoms with E-state index in [0.717, 1.165) is 135 Å². The maximum Gasteiger partial charge on any atom is 0.306 e. The number of ether oxygens (including phenoxy) is 3. The molecular weight excluding hydrogens is 889 g/mol. The Bertz CT molecular complexity index is 1660. The Labute approximate surface area is 441 Å². The molecule has 0 aromatic carbocycles. The first-order valence-corrected chi connectivity index (χ1v) is 28.5. The molecule has 0 fully saturated rings. The van der Waals surface area contributed by atoms with Gasteiger partial charge < -0.3 is 14.2 Å². The van der Waals surface area contributed by atoms with Crippen molar-refractivity contribution in [3.05, 3.63) is 158 Å². The molecule has 0 rings (SSSR count). The Morgan fingerprint density at radius 3 is 0.903 bits per heavy atom. The van der Waals surface area contributed by atoms with Gasteiger partial charge >= 0.3 is 17.9 Å². The van der Waals surface area contributed by atoms with Crippen molar-refractivity contribution in [2.24, 2.45) is 0 Å². The zero-order valence-corrected chi connectivity index (χ0v) is 45.9. The lowest BCUT2D eigenvalue weighted by Gasteiger charge is -2.18. The topological polar surface area (TPSA) is 78.9 Å². The van der Waals surface area contributed by atoms with Gasteiger partial charge in [-0.3, -0.25) is 14.4 Å². The number of hydrogen-bond acceptors (Lipinski definition) is 6. The third kappa shape index (κ3) is 56.0. The molecule has 0 heterocycles. The lowest BCUT2D eigenvalue weighted by atomic mass is 10.1. The standard InChI is InChI=1S/C66H102O6/c1-4-7-10-13-16-18-20-22-23-24-25-26-27-28-29-30-31-32-33-34-35-36-37-38-39-40-41-42-43-45-46-48-50-53-56-59-65(68)71-62-63(61-70-64(67)58-55-52-15-12-9-6-3)72-66(69)60-57-54-51-49-47-44-21-19-17-14-11-8-5-2/h7-8,10-11,16-19,22-23,25-26,28-29,31-32,34-35,37-38,40-41,44,47,51,54,63H,4-6,9,12-15,20-21,24,27,30,33,36,39,42-43,45-46,48-50,52-53,55-62H2,1-3H3/b10-7-,11-8-,18-16-,19-17-,23-22-,26-25-,29-28-,32-31-,35-34-,38-37-,41-40-,47-44-,54-51-. The van der Waals surface area contributed by atoms with Crippen molar-refractivity contribution in [3.8, 4) is 0 Å². The van der Waals surface area contributed by atoms with Gasteiger partial charge in [0, 0.05) is 19.3 Å². The maximum absolute atomic E-state index is 12.7. The van der Waals surface area contributed by atoms with Gasteiger partial charge in [0.2, 0.25) is 0 Å². The summed E-state index contributed by atoms with van der Waals surface area (Å²) in [5, 5.41) is 0. The quantitative estimate of drug-likeness (QED) is 0.0262. The van der Waals surface area contributed by atoms with E-state index in [1.807, 2.05) is 12.2 Å². The fourth-order valence-electron chi connectivity index (χ4n) is 7.09. The molecule has 1 unspecified atom stereocenters. The Balaban J connectivity index is 4.15. The van der Waals surface area contributed by atoms with Crippen LogP contribution in [0.15, 0.2) is 158 Å². The van der Waals surface area contributed by atoms with E-state index in [1.165, 1.54) is 38.5 Å². The van der Waals surface area contributed by atoms with E-state index in [0.29, 0.717) is 19.3 Å². The summed E-state index contributed by atoms with van der Waals surface area (Å²) in [6, 6.07) is 0. The normalized spacial score (nSPS) is 13.3. The molecule has 0 radical (unpaired) electrons. The fourth-order valence-corrected chi connectivity index (χ4v) is 7.09. The first-order chi connectivity index (χ1) is 35.5. The minimum atomic E-state index is -0.823. The van der Waals surface area contributed by atoms with Crippen molar-refractivity contribution >= 4 is 17.9 Å². The summed E-state index contributed by atoms with van der Waals surface area (Å²) < 4.78 is 16.6. The van der Waals surface area contributed by atoms with Gasteiger partial charge in [-0.25, -0.2) is 0 Å². The largest absolute Gasteiger partial charge is 0.462 e. The van der Waals surface area contributed by atoms with E-state index in [1.54, 1.807) is 0 Å². The summed E-state index contributed by atoms with van der Waals surface area (Å²) in [7, 11) is 0. The van der Waals surface area contributed by atoms with Crippen LogP contribution in [0.2, 0.25) is 0 Å². The van der Waals surface area contributed by atoms with Crippen LogP contribution in [-0.2, 0) is 28.6 Å². The monoisotopic (exact) mass is 991 g/mol. The summed E-state index contributed by atoms with van der Waals surface area (Å²) in [6.07, 6.45) is 85.8. The number of allylic oxidation sites excluding steroid dienone is 26. The zero-order valence-electron chi connectivity index (χ0n) is 45.9. The summed E-state index contributed by atoms with van der Waals surface area (Å²) in [5.41, 5.74) is 0. The molecule has 72 heavy (non-hydrogen) atoms. The molecule has 0 saturated carbocycles. The van der Waals surface area contributed by atoms with Gasteiger partial charge in [-0.2, -0.15) is 0 Å². The second kappa shape index (κ2) is 58.6. The highest BCUT2D eigenvalue weighted by Crippen LogP contribution is 2.12. The van der Waals surface area contributed by atoms with Gasteiger partial charge in [-0.15, -0.1) is 0 Å². The fraction of sp³-hybridized carbons (Fsp3) is 0.561. The minimum Gasteiger partial charge on any atom is -0.462 e. The summed E-state index contributed by atoms with van der Waals surface area (Å²) in [4.78, 5) is 37.7. The Kier molecular flexibility index (Phi) is 54.6. The Morgan fingerprint density at radius 1 is 0.292 bits per heavy atom. The van der Waals surface area contributed by atoms with E-state index in [2.05, 4.69) is 167 Å². The van der Waals surface area contributed by atoms with Crippen LogP contribution in [0.4, 0.5) is 0 Å². The predicted molar refractivity (Wildman–Crippen MR) is 311 cm³/mol. The molecule has 6 heteroatoms. The van der Waals surface area contributed by atoms with Gasteiger partial charge in [-0.1, -0.05) is 243 Å². The minimum absolute atomic E-state index is 0.115. The summed E-state index contributed by atoms with van der Waals surface area (Å²) in [6.45, 7) is 6.24. The third-order valence-electron chi connectivity index (χ3n) is 11.3. The van der Waals surface area contributed by atoms with Crippen LogP contribution < -0.4 is 0 Å². The molecule has 0 saturated heterocycles. The highest BCUT2D eigenvalue weighted by Gasteiger charge is 2.19. The molecule has 0 spiro atoms. The van der Waals surface area contributed by atoms with E-state index in [-0.39, 0.29) is 31.6 Å². The average Bonchev–Trinajstić information content (AvgIpc) is 3.38. The highest BCUT2D eigenvalue weighted by molar-refractivity contribution is 5.71. The van der Waals surface area contributed by atoms with Crippen molar-refractivity contribution in [3.63, 3.8) is 0 Å². The molecule has 0 aliphatic heterocycles. The maximum atomic E-state index is 12.7. The van der Waals surface area contributed by atoms with Gasteiger partial charge in [0.05, 0.1) is 0 Å². The number of hydrogen-bond donors (Lipinski definition) is 0. The second-order valence-electron chi connectivity index (χ2n) is 18.1. The molecule has 0 amide bonds. The molecule has 0 aliphatic rings. The van der Waals surface area contributed by atoms with E-state index in [9.17, 15) is 14.4 Å². The predicted octanol–water partition coefficient (Wildman–Crippen LogP) is 19.4. The number of carbonyl (C=O) groups is 3. The number of rotatable bonds is 49. The van der Waals surface area contributed by atoms with Crippen LogP contribution in [0.5, 0.6) is 0 Å². The molecule has 0 N–H and O–H groups in total. The smallest absolute Gasteiger partial charge is 0.306 e. The Morgan fingerprint density at radius 2 is 0.569 bits per heavy atom. The van der Waals surface area contributed by atoms with Crippen molar-refractivity contribution in [2.45, 2.75) is 226 Å². The summed E-state index contributed by atoms with van der Waals surface area (Å²) >= 11 is 0. The molecular formula is C66H102O6. The van der Waals surface area contributed by atoms with E-state index >= 15 is 0 Å². The van der Waals surface area contributed by atoms with E-state index in [4.69, 9.17) is 14.2 Å². The van der Waals surface area contributed by atoms with Gasteiger partial charge in [0.25, 0.3) is 0 Å². The molecule has 0 aliphatic carbocycles. The summed E-state index contributed by atoms with van der Waals surface area (Å²) in [5.74, 6) is -1.03. The number of carbonyl (C=O) groups excluding carboxylic acids is 3. The van der Waals surface area contributed by atoms with Crippen molar-refractivity contribution in [1.82, 2.24) is 0 Å². The Hall–Kier alpha value is -4.97. The SMILES string of the molecule is CC/C=C\C/C=C\C/C=C\C/C=C\C/C=C\C/C=C\C/C=C\C/C=C\C/C=C\CCCCCCCCCC(=O)OCC(COC(=O)CCCCCCCC)OC(=O)CC/C=C\C/C=C\C/C=C\C/C=C\CC. The number of esters is 3. The molecule has 0 aromatic heterocycles. The third-order valence-corrected chi connectivity index (χ3v) is 11.3. The number of unbranched alkanes of at least 4 members (excludes halogenated alkanes) is 12. The molecule has 1 atom stereocenters. The van der Waals surface area contributed by atoms with Crippen molar-refractivity contribution in [1.29, 1.82) is 0 Å². The molecule has 0 bridgehead atoms. The average molecular weight is 992 g/mol. The van der Waals surface area contributed by atoms with Crippen LogP contribution in [0, 0.1) is 0 Å². The van der Waals surface area contributed by atoms with Gasteiger partial charge in [0.15, 0.2) is 6.10 Å². The molecule has 0 aromatic rings. The second-order valence-corrected chi connectivity index (χ2v) is 18.1. The van der Waals surface area contributed by atoms with Gasteiger partial charge in [-0.05, 0) is 116 Å². The molecule has 6 nitrogen and oxygen atoms in total. The van der Waals surface area contributed by atoms with Crippen LogP contribution in [-0.4, -0.2) is 37.2 Å². The van der Waals surface area contributed by atoms with Crippen molar-refractivity contribution < 1.29 is 28.6 Å². The lowest BCUT2D eigenvalue weighted by molar-refractivity contribution is -0.166. The van der Waals surface area contributed by atoms with Gasteiger partial charge in [0.1, 0.15) is 13.2 Å². The lowest BCUT2D eigenvalue weighted by Crippen LogP contribution is -2.30. The van der Waals surface area contributed by atoms with Crippen LogP contribution in [0.25, 0.3) is 0 Å². The first-order valence-electron chi connectivity index (χ1n) is 28.5. The van der Waals surface area contributed by atoms with Crippen molar-refractivity contribution in [2.75, 3.05) is 13.2 Å². The van der Waals surface area contributed by atoms with Crippen LogP contribution in [0.3, 0.4) is 0 Å².